The van der Waals surface area contributed by atoms with Gasteiger partial charge in [-0.3, -0.25) is 18.8 Å². The Hall–Kier alpha value is -2.83. The number of hydrogen-bond acceptors (Lipinski definition) is 8. The molecule has 196 valence electrons. The summed E-state index contributed by atoms with van der Waals surface area (Å²) < 4.78 is 11.2. The van der Waals surface area contributed by atoms with Crippen molar-refractivity contribution in [2.24, 2.45) is 13.0 Å². The third-order valence-corrected chi connectivity index (χ3v) is 8.26. The minimum absolute atomic E-state index is 0.223. The number of aliphatic hydroxyl groups is 1. The number of para-hydroxylation sites is 2. The zero-order chi connectivity index (χ0) is 26.0. The minimum atomic E-state index is -0.572. The lowest BCUT2D eigenvalue weighted by molar-refractivity contribution is -0.139. The third-order valence-electron chi connectivity index (χ3n) is 7.04. The smallest absolute Gasteiger partial charge is 0.331 e. The molecule has 0 bridgehead atoms. The van der Waals surface area contributed by atoms with Gasteiger partial charge in [-0.25, -0.2) is 9.78 Å². The molecule has 10 nitrogen and oxygen atoms in total. The van der Waals surface area contributed by atoms with Gasteiger partial charge in [0.25, 0.3) is 5.56 Å². The van der Waals surface area contributed by atoms with Gasteiger partial charge in [-0.1, -0.05) is 32.9 Å². The summed E-state index contributed by atoms with van der Waals surface area (Å²) in [5.41, 5.74) is 2.12. The fourth-order valence-electron chi connectivity index (χ4n) is 5.26. The van der Waals surface area contributed by atoms with Gasteiger partial charge in [0.2, 0.25) is 0 Å². The molecule has 3 atom stereocenters. The number of β-amino-alcohol motifs (C(OH)–C–C–N with tert-alkyl or cyclic N) is 1. The molecular weight excluding hydrogens is 494 g/mol. The summed E-state index contributed by atoms with van der Waals surface area (Å²) in [5, 5.41) is 12.1. The van der Waals surface area contributed by atoms with E-state index in [2.05, 4.69) is 31.4 Å². The number of imidazole rings is 1. The van der Waals surface area contributed by atoms with Crippen LogP contribution in [0.2, 0.25) is 0 Å². The zero-order valence-corrected chi connectivity index (χ0v) is 22.2. The van der Waals surface area contributed by atoms with E-state index in [0.717, 1.165) is 33.7 Å². The molecule has 6 rings (SSSR count). The molecule has 1 aromatic carbocycles. The molecular formula is C26H31N5O5S. The highest BCUT2D eigenvalue weighted by molar-refractivity contribution is 7.18. The second kappa shape index (κ2) is 9.17. The molecule has 11 heteroatoms. The first-order valence-corrected chi connectivity index (χ1v) is 13.5. The van der Waals surface area contributed by atoms with Gasteiger partial charge >= 0.3 is 5.69 Å². The van der Waals surface area contributed by atoms with E-state index in [1.165, 1.54) is 23.0 Å². The lowest BCUT2D eigenvalue weighted by Crippen LogP contribution is -2.38. The summed E-state index contributed by atoms with van der Waals surface area (Å²) >= 11 is 1.48. The van der Waals surface area contributed by atoms with Gasteiger partial charge < -0.3 is 14.4 Å². The number of benzene rings is 1. The van der Waals surface area contributed by atoms with E-state index in [4.69, 9.17) is 14.6 Å². The standard InChI is InChI=1S/C26H31N5O5S/c1-5-19-27-16-8-6-7-9-17(16)29(19)12-18-20(22-24(36-22)31-11-15(32)13-35-31)21-23(33)28(4)26(34)30(10-14(2)3)25(21)37-18/h6-9,14-15,22,24,32H,5,10-13H2,1-4H3/t15-,22?,24?/m0/s1. The molecule has 0 amide bonds. The quantitative estimate of drug-likeness (QED) is 0.369. The van der Waals surface area contributed by atoms with Crippen LogP contribution in [0, 0.1) is 5.92 Å². The maximum Gasteiger partial charge on any atom is 0.331 e. The van der Waals surface area contributed by atoms with Crippen molar-refractivity contribution in [1.29, 1.82) is 0 Å². The molecule has 1 N–H and O–H groups in total. The average molecular weight is 526 g/mol. The van der Waals surface area contributed by atoms with Crippen LogP contribution in [-0.4, -0.2) is 54.3 Å². The molecule has 2 aliphatic heterocycles. The normalized spacial score (nSPS) is 22.2. The van der Waals surface area contributed by atoms with Gasteiger partial charge in [0, 0.05) is 30.5 Å². The lowest BCUT2D eigenvalue weighted by atomic mass is 10.1. The Morgan fingerprint density at radius 2 is 2.00 bits per heavy atom. The minimum Gasteiger partial charge on any atom is -0.389 e. The maximum absolute atomic E-state index is 13.6. The van der Waals surface area contributed by atoms with Crippen molar-refractivity contribution in [3.8, 4) is 0 Å². The molecule has 2 fully saturated rings. The van der Waals surface area contributed by atoms with Gasteiger partial charge in [0.05, 0.1) is 42.2 Å². The first kappa shape index (κ1) is 24.5. The van der Waals surface area contributed by atoms with Crippen molar-refractivity contribution in [2.45, 2.75) is 58.7 Å². The Balaban J connectivity index is 1.55. The first-order chi connectivity index (χ1) is 17.8. The van der Waals surface area contributed by atoms with Crippen LogP contribution in [0.15, 0.2) is 33.9 Å². The van der Waals surface area contributed by atoms with Crippen LogP contribution in [0.25, 0.3) is 21.3 Å². The van der Waals surface area contributed by atoms with Crippen molar-refractivity contribution in [3.05, 3.63) is 61.4 Å². The summed E-state index contributed by atoms with van der Waals surface area (Å²) in [5.74, 6) is 1.18. The van der Waals surface area contributed by atoms with Crippen molar-refractivity contribution >= 4 is 32.6 Å². The molecule has 2 aliphatic rings. The lowest BCUT2D eigenvalue weighted by Gasteiger charge is -2.12. The van der Waals surface area contributed by atoms with E-state index in [0.29, 0.717) is 29.9 Å². The highest BCUT2D eigenvalue weighted by atomic mass is 32.1. The van der Waals surface area contributed by atoms with Crippen LogP contribution >= 0.6 is 11.3 Å². The predicted molar refractivity (Wildman–Crippen MR) is 141 cm³/mol. The molecule has 0 saturated carbocycles. The van der Waals surface area contributed by atoms with Crippen LogP contribution in [0.3, 0.4) is 0 Å². The van der Waals surface area contributed by atoms with Crippen LogP contribution in [0.1, 0.15) is 43.1 Å². The van der Waals surface area contributed by atoms with Crippen LogP contribution < -0.4 is 11.2 Å². The monoisotopic (exact) mass is 525 g/mol. The summed E-state index contributed by atoms with van der Waals surface area (Å²) in [6, 6.07) is 8.03. The Bertz CT molecular complexity index is 1620. The number of nitrogens with zero attached hydrogens (tertiary/aromatic N) is 5. The molecule has 0 radical (unpaired) electrons. The summed E-state index contributed by atoms with van der Waals surface area (Å²) in [6.07, 6.45) is -0.603. The summed E-state index contributed by atoms with van der Waals surface area (Å²) in [4.78, 5) is 38.8. The Morgan fingerprint density at radius 3 is 2.70 bits per heavy atom. The molecule has 37 heavy (non-hydrogen) atoms. The summed E-state index contributed by atoms with van der Waals surface area (Å²) in [6.45, 7) is 7.78. The van der Waals surface area contributed by atoms with E-state index < -0.39 is 18.4 Å². The molecule has 2 unspecified atom stereocenters. The topological polar surface area (TPSA) is 107 Å². The highest BCUT2D eigenvalue weighted by Crippen LogP contribution is 2.48. The average Bonchev–Trinajstić information content (AvgIpc) is 3.20. The molecule has 5 heterocycles. The Labute approximate surface area is 217 Å². The number of ether oxygens (including phenoxy) is 1. The third kappa shape index (κ3) is 4.05. The molecule has 0 spiro atoms. The van der Waals surface area contributed by atoms with Crippen molar-refractivity contribution in [1.82, 2.24) is 23.7 Å². The molecule has 3 aromatic heterocycles. The molecule has 2 saturated heterocycles. The van der Waals surface area contributed by atoms with Crippen LogP contribution in [0.5, 0.6) is 0 Å². The molecule has 0 aliphatic carbocycles. The second-order valence-electron chi connectivity index (χ2n) is 10.2. The largest absolute Gasteiger partial charge is 0.389 e. The predicted octanol–water partition coefficient (Wildman–Crippen LogP) is 2.38. The summed E-state index contributed by atoms with van der Waals surface area (Å²) in [7, 11) is 1.53. The fourth-order valence-corrected chi connectivity index (χ4v) is 6.58. The highest BCUT2D eigenvalue weighted by Gasteiger charge is 2.50. The number of rotatable bonds is 7. The zero-order valence-electron chi connectivity index (χ0n) is 21.4. The number of thiophene rings is 1. The number of aryl methyl sites for hydroxylation is 1. The first-order valence-electron chi connectivity index (χ1n) is 12.7. The number of aliphatic hydroxyl groups excluding tert-OH is 1. The second-order valence-corrected chi connectivity index (χ2v) is 11.3. The van der Waals surface area contributed by atoms with Crippen LogP contribution in [0.4, 0.5) is 0 Å². The Morgan fingerprint density at radius 1 is 1.22 bits per heavy atom. The van der Waals surface area contributed by atoms with Crippen molar-refractivity contribution in [3.63, 3.8) is 0 Å². The van der Waals surface area contributed by atoms with E-state index in [1.54, 1.807) is 9.63 Å². The fraction of sp³-hybridized carbons (Fsp3) is 0.500. The van der Waals surface area contributed by atoms with E-state index in [1.807, 2.05) is 18.2 Å². The van der Waals surface area contributed by atoms with Gasteiger partial charge in [-0.2, -0.15) is 5.06 Å². The molecule has 4 aromatic rings. The number of aromatic nitrogens is 4. The number of hydroxylamine groups is 2. The Kier molecular flexibility index (Phi) is 6.08. The van der Waals surface area contributed by atoms with Crippen molar-refractivity contribution < 1.29 is 14.7 Å². The van der Waals surface area contributed by atoms with Crippen LogP contribution in [-0.2, 0) is 36.1 Å². The number of hydrogen-bond donors (Lipinski definition) is 1. The van der Waals surface area contributed by atoms with E-state index in [9.17, 15) is 14.7 Å². The van der Waals surface area contributed by atoms with Gasteiger partial charge in [-0.15, -0.1) is 11.3 Å². The number of epoxide rings is 1. The number of fused-ring (bicyclic) bond motifs is 2. The van der Waals surface area contributed by atoms with E-state index >= 15 is 0 Å². The van der Waals surface area contributed by atoms with E-state index in [-0.39, 0.29) is 23.8 Å². The maximum atomic E-state index is 13.6. The van der Waals surface area contributed by atoms with Gasteiger partial charge in [0.1, 0.15) is 16.8 Å². The SMILES string of the molecule is CCc1nc2ccccc2n1Cc1sc2c(c1C1OC1N1C[C@H](O)CO1)c(=O)n(C)c(=O)n2CC(C)C. The van der Waals surface area contributed by atoms with Crippen molar-refractivity contribution in [2.75, 3.05) is 13.2 Å². The van der Waals surface area contributed by atoms with Gasteiger partial charge in [-0.05, 0) is 18.1 Å². The van der Waals surface area contributed by atoms with Gasteiger partial charge in [0.15, 0.2) is 6.23 Å².